The first kappa shape index (κ1) is 27.9. The maximum Gasteiger partial charge on any atom is 0.138 e. The molecule has 5 heterocycles. The second-order valence-electron chi connectivity index (χ2n) is 13.1. The highest BCUT2D eigenvalue weighted by atomic mass is 16.3. The van der Waals surface area contributed by atoms with Gasteiger partial charge in [-0.1, -0.05) is 66.7 Å². The molecule has 0 unspecified atom stereocenters. The maximum atomic E-state index is 6.11. The first-order valence-electron chi connectivity index (χ1n) is 17.1. The molecule has 5 aromatic heterocycles. The topological polar surface area (TPSA) is 48.8 Å². The van der Waals surface area contributed by atoms with Crippen LogP contribution in [-0.4, -0.2) is 19.1 Å². The van der Waals surface area contributed by atoms with E-state index in [2.05, 4.69) is 154 Å². The lowest BCUT2D eigenvalue weighted by atomic mass is 9.99. The number of hydrogen-bond donors (Lipinski definition) is 0. The van der Waals surface area contributed by atoms with Gasteiger partial charge in [0.1, 0.15) is 11.2 Å². The van der Waals surface area contributed by atoms with Gasteiger partial charge in [0.2, 0.25) is 0 Å². The second kappa shape index (κ2) is 10.8. The lowest BCUT2D eigenvalue weighted by Crippen LogP contribution is -1.93. The molecule has 0 bridgehead atoms. The molecule has 5 nitrogen and oxygen atoms in total. The van der Waals surface area contributed by atoms with Crippen molar-refractivity contribution in [3.63, 3.8) is 0 Å². The Hall–Kier alpha value is -6.98. The average molecular weight is 653 g/mol. The van der Waals surface area contributed by atoms with Crippen molar-refractivity contribution in [3.8, 4) is 33.6 Å². The third kappa shape index (κ3) is 4.22. The zero-order valence-corrected chi connectivity index (χ0v) is 27.4. The van der Waals surface area contributed by atoms with Crippen LogP contribution in [0, 0.1) is 0 Å². The van der Waals surface area contributed by atoms with Gasteiger partial charge >= 0.3 is 0 Å². The highest BCUT2D eigenvalue weighted by molar-refractivity contribution is 6.12. The van der Waals surface area contributed by atoms with Gasteiger partial charge in [0.25, 0.3) is 0 Å². The highest BCUT2D eigenvalue weighted by Crippen LogP contribution is 2.39. The van der Waals surface area contributed by atoms with Gasteiger partial charge in [-0.3, -0.25) is 9.97 Å². The van der Waals surface area contributed by atoms with Crippen molar-refractivity contribution in [2.24, 2.45) is 0 Å². The van der Waals surface area contributed by atoms with E-state index in [-0.39, 0.29) is 0 Å². The van der Waals surface area contributed by atoms with Crippen molar-refractivity contribution in [1.29, 1.82) is 0 Å². The van der Waals surface area contributed by atoms with E-state index in [9.17, 15) is 0 Å². The Morgan fingerprint density at radius 1 is 0.353 bits per heavy atom. The molecule has 0 N–H and O–H groups in total. The molecule has 5 heteroatoms. The van der Waals surface area contributed by atoms with Crippen molar-refractivity contribution in [3.05, 3.63) is 170 Å². The summed E-state index contributed by atoms with van der Waals surface area (Å²) in [5, 5.41) is 6.94. The molecule has 0 aliphatic heterocycles. The van der Waals surface area contributed by atoms with Gasteiger partial charge < -0.3 is 13.6 Å². The molecule has 0 saturated heterocycles. The SMILES string of the molecule is c1ccc(-n2c3ccccc3c3cc(-c4cncc(-c5ccc6c(c5)c5ccccc5n6-c5ccc6oc7ccncc7c6c5)c4)ccc32)cc1. The molecule has 51 heavy (non-hydrogen) atoms. The van der Waals surface area contributed by atoms with Crippen LogP contribution in [0.25, 0.3) is 99.2 Å². The van der Waals surface area contributed by atoms with E-state index in [0.29, 0.717) is 0 Å². The van der Waals surface area contributed by atoms with Gasteiger partial charge in [-0.15, -0.1) is 0 Å². The van der Waals surface area contributed by atoms with Crippen molar-refractivity contribution in [2.45, 2.75) is 0 Å². The molecule has 0 saturated carbocycles. The maximum absolute atomic E-state index is 6.11. The number of rotatable bonds is 4. The Morgan fingerprint density at radius 3 is 1.63 bits per heavy atom. The summed E-state index contributed by atoms with van der Waals surface area (Å²) < 4.78 is 10.8. The molecule has 0 atom stereocenters. The Morgan fingerprint density at radius 2 is 0.941 bits per heavy atom. The lowest BCUT2D eigenvalue weighted by molar-refractivity contribution is 0.668. The number of pyridine rings is 2. The van der Waals surface area contributed by atoms with Crippen LogP contribution in [0.1, 0.15) is 0 Å². The largest absolute Gasteiger partial charge is 0.456 e. The summed E-state index contributed by atoms with van der Waals surface area (Å²) in [5.41, 5.74) is 13.1. The van der Waals surface area contributed by atoms with Crippen molar-refractivity contribution in [1.82, 2.24) is 19.1 Å². The Bertz CT molecular complexity index is 3150. The number of nitrogens with zero attached hydrogens (tertiary/aromatic N) is 4. The van der Waals surface area contributed by atoms with Crippen molar-refractivity contribution >= 4 is 65.6 Å². The number of hydrogen-bond acceptors (Lipinski definition) is 3. The first-order valence-corrected chi connectivity index (χ1v) is 17.1. The van der Waals surface area contributed by atoms with Crippen LogP contribution in [0.15, 0.2) is 175 Å². The fraction of sp³-hybridized carbons (Fsp3) is 0. The zero-order valence-electron chi connectivity index (χ0n) is 27.4. The van der Waals surface area contributed by atoms with Gasteiger partial charge in [-0.2, -0.15) is 0 Å². The molecular weight excluding hydrogens is 625 g/mol. The van der Waals surface area contributed by atoms with E-state index < -0.39 is 0 Å². The smallest absolute Gasteiger partial charge is 0.138 e. The second-order valence-corrected chi connectivity index (χ2v) is 13.1. The van der Waals surface area contributed by atoms with Gasteiger partial charge in [-0.25, -0.2) is 0 Å². The monoisotopic (exact) mass is 652 g/mol. The lowest BCUT2D eigenvalue weighted by Gasteiger charge is -2.10. The molecule has 0 spiro atoms. The number of benzene rings is 6. The summed E-state index contributed by atoms with van der Waals surface area (Å²) >= 11 is 0. The molecule has 0 radical (unpaired) electrons. The van der Waals surface area contributed by atoms with Gasteiger partial charge in [0.15, 0.2) is 0 Å². The molecule has 238 valence electrons. The van der Waals surface area contributed by atoms with Crippen LogP contribution in [-0.2, 0) is 0 Å². The fourth-order valence-corrected chi connectivity index (χ4v) is 7.94. The number of aromatic nitrogens is 4. The zero-order chi connectivity index (χ0) is 33.5. The predicted octanol–water partition coefficient (Wildman–Crippen LogP) is 11.9. The number of furan rings is 1. The van der Waals surface area contributed by atoms with Crippen LogP contribution in [0.2, 0.25) is 0 Å². The average Bonchev–Trinajstić information content (AvgIpc) is 3.85. The highest BCUT2D eigenvalue weighted by Gasteiger charge is 2.17. The predicted molar refractivity (Wildman–Crippen MR) is 209 cm³/mol. The van der Waals surface area contributed by atoms with Crippen LogP contribution >= 0.6 is 0 Å². The standard InChI is InChI=1S/C46H28N4O/c1-2-8-33(9-3-1)49-41-12-6-4-10-35(41)37-23-29(14-17-43(37)49)31-22-32(27-48-26-31)30-15-18-44-38(24-30)36-11-5-7-13-42(36)50(44)34-16-19-45-39(25-34)40-28-47-21-20-46(40)51-45/h1-28H. The summed E-state index contributed by atoms with van der Waals surface area (Å²) in [6, 6.07) is 52.0. The molecule has 0 fully saturated rings. The summed E-state index contributed by atoms with van der Waals surface area (Å²) in [7, 11) is 0. The van der Waals surface area contributed by atoms with Crippen molar-refractivity contribution < 1.29 is 4.42 Å². The minimum atomic E-state index is 0.846. The first-order chi connectivity index (χ1) is 25.3. The van der Waals surface area contributed by atoms with Gasteiger partial charge in [-0.05, 0) is 90.0 Å². The van der Waals surface area contributed by atoms with Gasteiger partial charge in [0.05, 0.1) is 22.1 Å². The van der Waals surface area contributed by atoms with E-state index in [1.807, 2.05) is 24.7 Å². The van der Waals surface area contributed by atoms with Crippen LogP contribution in [0.3, 0.4) is 0 Å². The molecule has 0 aliphatic rings. The van der Waals surface area contributed by atoms with Gasteiger partial charge in [0, 0.05) is 79.6 Å². The van der Waals surface area contributed by atoms with Crippen molar-refractivity contribution in [2.75, 3.05) is 0 Å². The minimum absolute atomic E-state index is 0.846. The summed E-state index contributed by atoms with van der Waals surface area (Å²) in [6.07, 6.45) is 7.59. The van der Waals surface area contributed by atoms with E-state index in [1.54, 1.807) is 6.20 Å². The Labute approximate surface area is 292 Å². The Kier molecular flexibility index (Phi) is 5.89. The molecule has 0 amide bonds. The molecule has 6 aromatic carbocycles. The third-order valence-corrected chi connectivity index (χ3v) is 10.3. The van der Waals surface area contributed by atoms with Crippen LogP contribution < -0.4 is 0 Å². The summed E-state index contributed by atoms with van der Waals surface area (Å²) in [6.45, 7) is 0. The Balaban J connectivity index is 1.04. The van der Waals surface area contributed by atoms with E-state index in [0.717, 1.165) is 66.6 Å². The van der Waals surface area contributed by atoms with Crippen LogP contribution in [0.5, 0.6) is 0 Å². The number of fused-ring (bicyclic) bond motifs is 9. The molecule has 11 aromatic rings. The van der Waals surface area contributed by atoms with E-state index >= 15 is 0 Å². The molecule has 11 rings (SSSR count). The fourth-order valence-electron chi connectivity index (χ4n) is 7.94. The van der Waals surface area contributed by atoms with Crippen LogP contribution in [0.4, 0.5) is 0 Å². The van der Waals surface area contributed by atoms with E-state index in [1.165, 1.54) is 32.6 Å². The molecule has 0 aliphatic carbocycles. The quantitative estimate of drug-likeness (QED) is 0.190. The normalized spacial score (nSPS) is 11.9. The third-order valence-electron chi connectivity index (χ3n) is 10.3. The summed E-state index contributed by atoms with van der Waals surface area (Å²) in [4.78, 5) is 9.11. The summed E-state index contributed by atoms with van der Waals surface area (Å²) in [5.74, 6) is 0. The number of para-hydroxylation sites is 3. The molecular formula is C46H28N4O. The van der Waals surface area contributed by atoms with E-state index in [4.69, 9.17) is 9.40 Å². The minimum Gasteiger partial charge on any atom is -0.456 e.